The molecular weight excluding hydrogens is 1070 g/mol. The van der Waals surface area contributed by atoms with E-state index in [1.54, 1.807) is 0 Å². The molecule has 0 bridgehead atoms. The summed E-state index contributed by atoms with van der Waals surface area (Å²) >= 11 is 0. The maximum Gasteiger partial charge on any atom is 0.252 e. The van der Waals surface area contributed by atoms with Gasteiger partial charge >= 0.3 is 0 Å². The molecule has 0 aliphatic carbocycles. The predicted octanol–water partition coefficient (Wildman–Crippen LogP) is 21.6. The van der Waals surface area contributed by atoms with E-state index in [0.717, 1.165) is 106 Å². The summed E-state index contributed by atoms with van der Waals surface area (Å²) in [5.74, 6) is 0. The average Bonchev–Trinajstić information content (AvgIpc) is 0.928. The Balaban J connectivity index is 0.992. The first-order valence-corrected chi connectivity index (χ1v) is 31.3. The summed E-state index contributed by atoms with van der Waals surface area (Å²) in [5, 5.41) is 4.48. The Morgan fingerprint density at radius 2 is 0.739 bits per heavy atom. The highest BCUT2D eigenvalue weighted by molar-refractivity contribution is 7.00. The first kappa shape index (κ1) is 55.1. The van der Waals surface area contributed by atoms with Gasteiger partial charge in [-0.25, -0.2) is 0 Å². The first-order chi connectivity index (χ1) is 42.2. The summed E-state index contributed by atoms with van der Waals surface area (Å²) < 4.78 is 13.5. The van der Waals surface area contributed by atoms with Gasteiger partial charge in [0.15, 0.2) is 0 Å². The molecule has 0 atom stereocenters. The minimum absolute atomic E-state index is 0.00386. The van der Waals surface area contributed by atoms with Crippen LogP contribution in [-0.2, 0) is 21.7 Å². The molecule has 0 unspecified atom stereocenters. The topological polar surface area (TPSA) is 36.0 Å². The number of benzene rings is 11. The van der Waals surface area contributed by atoms with Crippen LogP contribution >= 0.6 is 0 Å². The summed E-state index contributed by atoms with van der Waals surface area (Å²) in [6, 6.07) is 86.3. The molecule has 11 aromatic carbocycles. The molecule has 0 radical (unpaired) electrons. The molecule has 13 aromatic rings. The second kappa shape index (κ2) is 20.0. The van der Waals surface area contributed by atoms with Gasteiger partial charge in [-0.2, -0.15) is 0 Å². The molecule has 4 heterocycles. The summed E-state index contributed by atoms with van der Waals surface area (Å²) in [5.41, 5.74) is 26.7. The van der Waals surface area contributed by atoms with E-state index in [1.165, 1.54) is 50.0 Å². The molecule has 15 rings (SSSR count). The number of rotatable bonds is 7. The van der Waals surface area contributed by atoms with Crippen LogP contribution in [0.25, 0.3) is 66.1 Å². The zero-order valence-electron chi connectivity index (χ0n) is 52.7. The Labute approximate surface area is 518 Å². The fourth-order valence-corrected chi connectivity index (χ4v) is 13.8. The number of hydrogen-bond acceptors (Lipinski definition) is 5. The van der Waals surface area contributed by atoms with Crippen molar-refractivity contribution >= 4 is 118 Å². The van der Waals surface area contributed by atoms with E-state index in [2.05, 4.69) is 322 Å². The van der Waals surface area contributed by atoms with Crippen molar-refractivity contribution in [3.05, 3.63) is 253 Å². The van der Waals surface area contributed by atoms with Crippen LogP contribution in [0.3, 0.4) is 0 Å². The summed E-state index contributed by atoms with van der Waals surface area (Å²) in [6.45, 7) is 27.5. The number of hydrogen-bond donors (Lipinski definition) is 0. The van der Waals surface area contributed by atoms with E-state index in [0.29, 0.717) is 0 Å². The lowest BCUT2D eigenvalue weighted by atomic mass is 9.33. The van der Waals surface area contributed by atoms with Crippen LogP contribution in [0.1, 0.15) is 105 Å². The lowest BCUT2D eigenvalue weighted by molar-refractivity contribution is 0.590. The van der Waals surface area contributed by atoms with E-state index in [-0.39, 0.29) is 28.4 Å². The fourth-order valence-electron chi connectivity index (χ4n) is 13.8. The van der Waals surface area contributed by atoms with Gasteiger partial charge < -0.3 is 23.5 Å². The zero-order chi connectivity index (χ0) is 60.8. The van der Waals surface area contributed by atoms with Crippen molar-refractivity contribution in [2.75, 3.05) is 14.7 Å². The zero-order valence-corrected chi connectivity index (χ0v) is 52.7. The highest BCUT2D eigenvalue weighted by atomic mass is 16.3. The molecule has 88 heavy (non-hydrogen) atoms. The van der Waals surface area contributed by atoms with Crippen molar-refractivity contribution < 1.29 is 8.83 Å². The quantitative estimate of drug-likeness (QED) is 0.149. The third-order valence-electron chi connectivity index (χ3n) is 18.7. The maximum absolute atomic E-state index is 6.82. The van der Waals surface area contributed by atoms with Gasteiger partial charge in [-0.1, -0.05) is 223 Å². The number of anilines is 9. The molecule has 0 saturated carbocycles. The minimum atomic E-state index is -0.212. The van der Waals surface area contributed by atoms with E-state index in [4.69, 9.17) is 8.83 Å². The lowest BCUT2D eigenvalue weighted by Crippen LogP contribution is -2.61. The first-order valence-electron chi connectivity index (χ1n) is 31.3. The number of fused-ring (bicyclic) bond motifs is 10. The van der Waals surface area contributed by atoms with Crippen LogP contribution in [0.5, 0.6) is 0 Å². The van der Waals surface area contributed by atoms with Gasteiger partial charge in [0.05, 0.1) is 0 Å². The Hall–Kier alpha value is -9.52. The second-order valence-corrected chi connectivity index (χ2v) is 28.6. The van der Waals surface area contributed by atoms with Crippen molar-refractivity contribution in [2.24, 2.45) is 0 Å². The fraction of sp³-hybridized carbons (Fsp3) is 0.195. The summed E-state index contributed by atoms with van der Waals surface area (Å²) in [4.78, 5) is 7.58. The highest BCUT2D eigenvalue weighted by Crippen LogP contribution is 2.50. The van der Waals surface area contributed by atoms with Gasteiger partial charge in [-0.15, -0.1) is 0 Å². The van der Waals surface area contributed by atoms with E-state index < -0.39 is 0 Å². The SMILES string of the molecule is CC(C)(C)c1ccc(N(c2ccc(C(C)(C)C)cc2)c2ccc3c(c2)N(c2ccc(C(C)(C)C)cc2)c2cc(C(C)(C)C)cc4c2B3c2cc(-c3cccc5c3oc3ccccc35)ccc2N4c2ccc(-c3cccc4c3oc3ccccc34)cc2)cc1. The number of nitrogens with zero attached hydrogens (tertiary/aromatic N) is 3. The summed E-state index contributed by atoms with van der Waals surface area (Å²) in [6.07, 6.45) is 0. The molecule has 2 aromatic heterocycles. The van der Waals surface area contributed by atoms with Crippen molar-refractivity contribution in [3.63, 3.8) is 0 Å². The van der Waals surface area contributed by atoms with E-state index in [1.807, 2.05) is 6.07 Å². The molecule has 2 aliphatic heterocycles. The Bertz CT molecular complexity index is 4830. The maximum atomic E-state index is 6.82. The molecule has 0 spiro atoms. The predicted molar refractivity (Wildman–Crippen MR) is 375 cm³/mol. The van der Waals surface area contributed by atoms with Crippen molar-refractivity contribution in [1.29, 1.82) is 0 Å². The van der Waals surface area contributed by atoms with Crippen LogP contribution in [0.15, 0.2) is 239 Å². The Morgan fingerprint density at radius 1 is 0.318 bits per heavy atom. The van der Waals surface area contributed by atoms with Gasteiger partial charge in [-0.3, -0.25) is 0 Å². The van der Waals surface area contributed by atoms with Crippen LogP contribution < -0.4 is 31.1 Å². The summed E-state index contributed by atoms with van der Waals surface area (Å²) in [7, 11) is 0. The molecular formula is C82H74BN3O2. The average molecular weight is 1140 g/mol. The largest absolute Gasteiger partial charge is 0.455 e. The molecule has 432 valence electrons. The molecule has 0 N–H and O–H groups in total. The third-order valence-corrected chi connectivity index (χ3v) is 18.7. The molecule has 5 nitrogen and oxygen atoms in total. The van der Waals surface area contributed by atoms with Crippen LogP contribution in [0, 0.1) is 0 Å². The molecule has 0 saturated heterocycles. The van der Waals surface area contributed by atoms with Crippen LogP contribution in [0.2, 0.25) is 0 Å². The lowest BCUT2D eigenvalue weighted by Gasteiger charge is -2.45. The van der Waals surface area contributed by atoms with E-state index >= 15 is 0 Å². The minimum Gasteiger partial charge on any atom is -0.455 e. The van der Waals surface area contributed by atoms with Crippen LogP contribution in [-0.4, -0.2) is 6.71 Å². The Morgan fingerprint density at radius 3 is 1.24 bits per heavy atom. The molecule has 0 fully saturated rings. The number of para-hydroxylation sites is 4. The molecule has 6 heteroatoms. The van der Waals surface area contributed by atoms with Crippen molar-refractivity contribution in [2.45, 2.75) is 105 Å². The monoisotopic (exact) mass is 1140 g/mol. The normalized spacial score (nSPS) is 13.4. The molecule has 0 amide bonds. The van der Waals surface area contributed by atoms with Gasteiger partial charge in [0, 0.05) is 83.9 Å². The number of furan rings is 2. The van der Waals surface area contributed by atoms with Crippen molar-refractivity contribution in [3.8, 4) is 22.3 Å². The van der Waals surface area contributed by atoms with Gasteiger partial charge in [0.2, 0.25) is 0 Å². The standard InChI is InChI=1S/C82H74BN3O2/c1-79(2,3)53-30-38-57(39-31-53)84(58-40-32-54(33-41-58)80(4,5)6)61-44-45-68-71(50-61)86(60-42-34-55(35-43-60)81(7,8)9)73-49-56(82(10,11)12)48-72-76(73)83(68)69-47-52(63-22-18-24-67-65-20-14-16-26-75(65)88-78(63)67)29-46-70(69)85(72)59-36-27-51(28-37-59)62-21-17-23-66-64-19-13-15-25-74(64)87-77(62)66/h13-50H,1-12H3. The van der Waals surface area contributed by atoms with Crippen molar-refractivity contribution in [1.82, 2.24) is 0 Å². The van der Waals surface area contributed by atoms with Crippen LogP contribution in [0.4, 0.5) is 51.2 Å². The molecule has 2 aliphatic rings. The smallest absolute Gasteiger partial charge is 0.252 e. The highest BCUT2D eigenvalue weighted by Gasteiger charge is 2.45. The van der Waals surface area contributed by atoms with E-state index in [9.17, 15) is 0 Å². The van der Waals surface area contributed by atoms with Gasteiger partial charge in [0.1, 0.15) is 22.3 Å². The second-order valence-electron chi connectivity index (χ2n) is 28.6. The van der Waals surface area contributed by atoms with Gasteiger partial charge in [-0.05, 0) is 162 Å². The third kappa shape index (κ3) is 9.13. The Kier molecular flexibility index (Phi) is 12.5. The van der Waals surface area contributed by atoms with Gasteiger partial charge in [0.25, 0.3) is 6.71 Å².